The number of amides is 1. The van der Waals surface area contributed by atoms with Gasteiger partial charge in [-0.05, 0) is 37.1 Å². The number of anilines is 2. The first-order valence-electron chi connectivity index (χ1n) is 10.1. The maximum atomic E-state index is 13.2. The molecule has 8 nitrogen and oxygen atoms in total. The minimum absolute atomic E-state index is 0.0885. The van der Waals surface area contributed by atoms with E-state index in [4.69, 9.17) is 9.26 Å². The van der Waals surface area contributed by atoms with Crippen molar-refractivity contribution in [3.8, 4) is 0 Å². The van der Waals surface area contributed by atoms with Crippen LogP contribution in [0.3, 0.4) is 0 Å². The smallest absolute Gasteiger partial charge is 0.259 e. The third kappa shape index (κ3) is 4.56. The van der Waals surface area contributed by atoms with Gasteiger partial charge in [-0.25, -0.2) is 9.37 Å². The van der Waals surface area contributed by atoms with Crippen molar-refractivity contribution in [1.82, 2.24) is 20.0 Å². The van der Waals surface area contributed by atoms with E-state index in [0.717, 1.165) is 11.9 Å². The van der Waals surface area contributed by atoms with Gasteiger partial charge in [0.15, 0.2) is 0 Å². The van der Waals surface area contributed by atoms with E-state index in [1.165, 1.54) is 6.07 Å². The molecule has 9 heteroatoms. The van der Waals surface area contributed by atoms with Gasteiger partial charge in [0, 0.05) is 6.54 Å². The highest BCUT2D eigenvalue weighted by atomic mass is 19.1. The molecule has 162 valence electrons. The summed E-state index contributed by atoms with van der Waals surface area (Å²) in [6.45, 7) is 7.02. The Morgan fingerprint density at radius 1 is 1.23 bits per heavy atom. The van der Waals surface area contributed by atoms with E-state index in [1.807, 2.05) is 26.0 Å². The molecule has 0 spiro atoms. The van der Waals surface area contributed by atoms with E-state index in [1.54, 1.807) is 24.1 Å². The number of carbonyl (C=O) groups excluding carboxylic acids is 1. The number of nitrogens with one attached hydrogen (secondary N) is 1. The average Bonchev–Trinajstić information content (AvgIpc) is 3.17. The Morgan fingerprint density at radius 3 is 2.74 bits per heavy atom. The number of aromatic nitrogens is 3. The maximum absolute atomic E-state index is 13.2. The SMILES string of the molecule is Cc1onc(C(C)C)c1C(=O)N1CCOC(c2ccc(Nc3ccc(F)cn3)cn2)C1. The predicted octanol–water partition coefficient (Wildman–Crippen LogP) is 3.99. The van der Waals surface area contributed by atoms with Crippen LogP contribution in [0, 0.1) is 12.7 Å². The van der Waals surface area contributed by atoms with Crippen LogP contribution in [0.1, 0.15) is 53.4 Å². The van der Waals surface area contributed by atoms with Crippen LogP contribution in [-0.4, -0.2) is 45.6 Å². The highest BCUT2D eigenvalue weighted by molar-refractivity contribution is 5.96. The normalized spacial score (nSPS) is 16.5. The molecule has 1 amide bonds. The zero-order chi connectivity index (χ0) is 22.0. The van der Waals surface area contributed by atoms with Crippen LogP contribution in [-0.2, 0) is 4.74 Å². The molecule has 1 saturated heterocycles. The topological polar surface area (TPSA) is 93.4 Å². The molecule has 31 heavy (non-hydrogen) atoms. The van der Waals surface area contributed by atoms with Gasteiger partial charge < -0.3 is 19.5 Å². The van der Waals surface area contributed by atoms with Crippen molar-refractivity contribution in [3.63, 3.8) is 0 Å². The zero-order valence-corrected chi connectivity index (χ0v) is 17.6. The molecule has 1 aliphatic rings. The third-order valence-corrected chi connectivity index (χ3v) is 5.12. The van der Waals surface area contributed by atoms with Gasteiger partial charge in [-0.3, -0.25) is 9.78 Å². The summed E-state index contributed by atoms with van der Waals surface area (Å²) in [4.78, 5) is 23.4. The summed E-state index contributed by atoms with van der Waals surface area (Å²) < 4.78 is 24.1. The molecule has 3 aromatic heterocycles. The molecule has 0 aliphatic carbocycles. The number of halogens is 1. The lowest BCUT2D eigenvalue weighted by atomic mass is 10.0. The Kier molecular flexibility index (Phi) is 5.94. The van der Waals surface area contributed by atoms with E-state index in [2.05, 4.69) is 20.4 Å². The number of morpholine rings is 1. The highest BCUT2D eigenvalue weighted by Gasteiger charge is 2.31. The monoisotopic (exact) mass is 425 g/mol. The Balaban J connectivity index is 1.45. The molecule has 4 rings (SSSR count). The van der Waals surface area contributed by atoms with Crippen molar-refractivity contribution in [2.24, 2.45) is 0 Å². The lowest BCUT2D eigenvalue weighted by molar-refractivity contribution is -0.0248. The molecule has 1 fully saturated rings. The number of hydrogen-bond donors (Lipinski definition) is 1. The van der Waals surface area contributed by atoms with Gasteiger partial charge in [-0.15, -0.1) is 0 Å². The van der Waals surface area contributed by atoms with Crippen LogP contribution in [0.25, 0.3) is 0 Å². The first kappa shape index (κ1) is 20.9. The fourth-order valence-corrected chi connectivity index (χ4v) is 3.48. The molecule has 0 aromatic carbocycles. The van der Waals surface area contributed by atoms with Gasteiger partial charge in [0.1, 0.15) is 29.1 Å². The van der Waals surface area contributed by atoms with Crippen LogP contribution < -0.4 is 5.32 Å². The second-order valence-corrected chi connectivity index (χ2v) is 7.72. The summed E-state index contributed by atoms with van der Waals surface area (Å²) in [5.41, 5.74) is 2.65. The van der Waals surface area contributed by atoms with Crippen molar-refractivity contribution < 1.29 is 18.4 Å². The van der Waals surface area contributed by atoms with Crippen molar-refractivity contribution in [2.45, 2.75) is 32.8 Å². The first-order valence-corrected chi connectivity index (χ1v) is 10.1. The summed E-state index contributed by atoms with van der Waals surface area (Å²) in [5.74, 6) is 0.642. The third-order valence-electron chi connectivity index (χ3n) is 5.12. The molecule has 1 aliphatic heterocycles. The van der Waals surface area contributed by atoms with Crippen LogP contribution in [0.5, 0.6) is 0 Å². The fourth-order valence-electron chi connectivity index (χ4n) is 3.48. The molecule has 0 radical (unpaired) electrons. The van der Waals surface area contributed by atoms with Gasteiger partial charge in [0.25, 0.3) is 5.91 Å². The van der Waals surface area contributed by atoms with Crippen LogP contribution >= 0.6 is 0 Å². The number of carbonyl (C=O) groups is 1. The lowest BCUT2D eigenvalue weighted by Crippen LogP contribution is -2.42. The zero-order valence-electron chi connectivity index (χ0n) is 17.6. The molecule has 4 heterocycles. The van der Waals surface area contributed by atoms with Gasteiger partial charge in [-0.2, -0.15) is 0 Å². The standard InChI is InChI=1S/C22H24FN5O3/c1-13(2)21-20(14(3)31-27-21)22(29)28-8-9-30-18(12-28)17-6-5-16(11-24-17)26-19-7-4-15(23)10-25-19/h4-7,10-11,13,18H,8-9,12H2,1-3H3,(H,25,26). The molecule has 0 bridgehead atoms. The van der Waals surface area contributed by atoms with E-state index in [-0.39, 0.29) is 17.9 Å². The van der Waals surface area contributed by atoms with E-state index >= 15 is 0 Å². The van der Waals surface area contributed by atoms with Gasteiger partial charge in [-0.1, -0.05) is 19.0 Å². The molecule has 1 N–H and O–H groups in total. The minimum Gasteiger partial charge on any atom is -0.368 e. The molecule has 3 aromatic rings. The van der Waals surface area contributed by atoms with Crippen molar-refractivity contribution in [3.05, 3.63) is 65.2 Å². The molecular formula is C22H24FN5O3. The number of rotatable bonds is 5. The maximum Gasteiger partial charge on any atom is 0.259 e. The van der Waals surface area contributed by atoms with Gasteiger partial charge in [0.2, 0.25) is 0 Å². The molecular weight excluding hydrogens is 401 g/mol. The number of ether oxygens (including phenoxy) is 1. The molecule has 1 atom stereocenters. The second-order valence-electron chi connectivity index (χ2n) is 7.72. The summed E-state index contributed by atoms with van der Waals surface area (Å²) in [6, 6.07) is 6.57. The Morgan fingerprint density at radius 2 is 2.06 bits per heavy atom. The Hall–Kier alpha value is -3.33. The lowest BCUT2D eigenvalue weighted by Gasteiger charge is -2.32. The van der Waals surface area contributed by atoms with E-state index in [0.29, 0.717) is 48.2 Å². The van der Waals surface area contributed by atoms with Crippen LogP contribution in [0.15, 0.2) is 41.2 Å². The first-order chi connectivity index (χ1) is 14.9. The van der Waals surface area contributed by atoms with Crippen molar-refractivity contribution in [1.29, 1.82) is 0 Å². The average molecular weight is 425 g/mol. The number of hydrogen-bond acceptors (Lipinski definition) is 7. The summed E-state index contributed by atoms with van der Waals surface area (Å²) in [5, 5.41) is 7.13. The van der Waals surface area contributed by atoms with Gasteiger partial charge >= 0.3 is 0 Å². The summed E-state index contributed by atoms with van der Waals surface area (Å²) >= 11 is 0. The largest absolute Gasteiger partial charge is 0.368 e. The summed E-state index contributed by atoms with van der Waals surface area (Å²) in [6.07, 6.45) is 2.47. The Bertz CT molecular complexity index is 1050. The quantitative estimate of drug-likeness (QED) is 0.660. The molecule has 1 unspecified atom stereocenters. The number of aryl methyl sites for hydroxylation is 1. The minimum atomic E-state index is -0.394. The van der Waals surface area contributed by atoms with Crippen LogP contribution in [0.2, 0.25) is 0 Å². The number of nitrogens with zero attached hydrogens (tertiary/aromatic N) is 4. The van der Waals surface area contributed by atoms with Crippen LogP contribution in [0.4, 0.5) is 15.9 Å². The summed E-state index contributed by atoms with van der Waals surface area (Å²) in [7, 11) is 0. The Labute approximate surface area is 179 Å². The predicted molar refractivity (Wildman–Crippen MR) is 112 cm³/mol. The van der Waals surface area contributed by atoms with E-state index < -0.39 is 5.82 Å². The van der Waals surface area contributed by atoms with Crippen molar-refractivity contribution in [2.75, 3.05) is 25.0 Å². The number of pyridine rings is 2. The van der Waals surface area contributed by atoms with E-state index in [9.17, 15) is 9.18 Å². The highest BCUT2D eigenvalue weighted by Crippen LogP contribution is 2.27. The molecule has 0 saturated carbocycles. The van der Waals surface area contributed by atoms with Crippen molar-refractivity contribution >= 4 is 17.4 Å². The van der Waals surface area contributed by atoms with Gasteiger partial charge in [0.05, 0.1) is 42.6 Å². The fraction of sp³-hybridized carbons (Fsp3) is 0.364. The second kappa shape index (κ2) is 8.81.